The molecule has 0 radical (unpaired) electrons. The Hall–Kier alpha value is -0.870. The topological polar surface area (TPSA) is 49.8 Å². The number of carbonyl (C=O) groups excluding carboxylic acids is 1. The minimum atomic E-state index is -1.43. The molecule has 1 atom stereocenters. The molecule has 21 heavy (non-hydrogen) atoms. The summed E-state index contributed by atoms with van der Waals surface area (Å²) < 4.78 is 5.64. The van der Waals surface area contributed by atoms with Crippen molar-refractivity contribution >= 4 is 5.97 Å². The molecule has 1 heterocycles. The van der Waals surface area contributed by atoms with E-state index in [9.17, 15) is 9.90 Å². The van der Waals surface area contributed by atoms with Crippen molar-refractivity contribution in [3.8, 4) is 0 Å². The monoisotopic (exact) mass is 295 g/mol. The van der Waals surface area contributed by atoms with Gasteiger partial charge in [-0.1, -0.05) is 25.3 Å². The molecule has 0 bridgehead atoms. The van der Waals surface area contributed by atoms with Crippen molar-refractivity contribution in [2.45, 2.75) is 63.6 Å². The molecule has 0 aromatic rings. The number of hydrogen-bond donors (Lipinski definition) is 1. The van der Waals surface area contributed by atoms with Crippen LogP contribution in [0.1, 0.15) is 51.9 Å². The van der Waals surface area contributed by atoms with E-state index >= 15 is 0 Å². The highest BCUT2D eigenvalue weighted by molar-refractivity contribution is 5.82. The number of likely N-dealkylation sites (tertiary alicyclic amines) is 1. The maximum absolute atomic E-state index is 12.6. The number of aliphatic hydroxyl groups is 1. The molecule has 1 N–H and O–H groups in total. The molecule has 0 spiro atoms. The van der Waals surface area contributed by atoms with Crippen LogP contribution in [0.2, 0.25) is 0 Å². The predicted molar refractivity (Wildman–Crippen MR) is 82.9 cm³/mol. The Balaban J connectivity index is 2.00. The molecule has 0 unspecified atom stereocenters. The molecular weight excluding hydrogens is 266 g/mol. The van der Waals surface area contributed by atoms with Crippen LogP contribution in [0.25, 0.3) is 0 Å². The van der Waals surface area contributed by atoms with Gasteiger partial charge in [0.25, 0.3) is 0 Å². The van der Waals surface area contributed by atoms with E-state index in [1.165, 1.54) is 6.42 Å². The second-order valence-corrected chi connectivity index (χ2v) is 6.57. The van der Waals surface area contributed by atoms with Crippen LogP contribution < -0.4 is 0 Å². The summed E-state index contributed by atoms with van der Waals surface area (Å²) in [5.41, 5.74) is -1.43. The van der Waals surface area contributed by atoms with Gasteiger partial charge in [0.15, 0.2) is 5.60 Å². The van der Waals surface area contributed by atoms with Crippen LogP contribution in [0.15, 0.2) is 12.2 Å². The molecule has 1 aliphatic heterocycles. The van der Waals surface area contributed by atoms with E-state index in [2.05, 4.69) is 11.9 Å². The Labute approximate surface area is 128 Å². The van der Waals surface area contributed by atoms with Crippen molar-refractivity contribution in [3.05, 3.63) is 12.2 Å². The SMILES string of the molecule is C/C=C\[C@](O)(C(=O)OC1CCN(C)CC1)C1CCCCC1. The first kappa shape index (κ1) is 16.5. The number of ether oxygens (including phenoxy) is 1. The van der Waals surface area contributed by atoms with Gasteiger partial charge in [0.2, 0.25) is 0 Å². The average molecular weight is 295 g/mol. The first-order chi connectivity index (χ1) is 10.1. The molecule has 1 saturated heterocycles. The van der Waals surface area contributed by atoms with Crippen molar-refractivity contribution in [1.29, 1.82) is 0 Å². The molecule has 1 saturated carbocycles. The molecular formula is C17H29NO3. The molecule has 2 fully saturated rings. The highest BCUT2D eigenvalue weighted by Gasteiger charge is 2.44. The van der Waals surface area contributed by atoms with Crippen molar-refractivity contribution in [3.63, 3.8) is 0 Å². The Morgan fingerprint density at radius 1 is 1.19 bits per heavy atom. The van der Waals surface area contributed by atoms with E-state index in [0.717, 1.165) is 51.6 Å². The minimum Gasteiger partial charge on any atom is -0.460 e. The molecule has 1 aliphatic carbocycles. The summed E-state index contributed by atoms with van der Waals surface area (Å²) in [5.74, 6) is -0.441. The summed E-state index contributed by atoms with van der Waals surface area (Å²) in [6.45, 7) is 3.74. The van der Waals surface area contributed by atoms with Gasteiger partial charge in [-0.15, -0.1) is 0 Å². The second kappa shape index (κ2) is 7.41. The van der Waals surface area contributed by atoms with Crippen LogP contribution in [0.4, 0.5) is 0 Å². The van der Waals surface area contributed by atoms with E-state index in [0.29, 0.717) is 0 Å². The Morgan fingerprint density at radius 3 is 2.38 bits per heavy atom. The summed E-state index contributed by atoms with van der Waals surface area (Å²) in [4.78, 5) is 14.8. The van der Waals surface area contributed by atoms with Crippen molar-refractivity contribution < 1.29 is 14.6 Å². The quantitative estimate of drug-likeness (QED) is 0.639. The lowest BCUT2D eigenvalue weighted by Crippen LogP contribution is -2.48. The summed E-state index contributed by atoms with van der Waals surface area (Å²) in [6, 6.07) is 0. The third-order valence-electron chi connectivity index (χ3n) is 4.91. The van der Waals surface area contributed by atoms with Crippen LogP contribution in [0, 0.1) is 5.92 Å². The minimum absolute atomic E-state index is 0.00112. The Morgan fingerprint density at radius 2 is 1.81 bits per heavy atom. The predicted octanol–water partition coefficient (Wildman–Crippen LogP) is 2.51. The van der Waals surface area contributed by atoms with Gasteiger partial charge in [0.1, 0.15) is 6.10 Å². The number of esters is 1. The highest BCUT2D eigenvalue weighted by atomic mass is 16.6. The maximum atomic E-state index is 12.6. The molecule has 0 aromatic carbocycles. The molecule has 2 rings (SSSR count). The largest absolute Gasteiger partial charge is 0.460 e. The number of rotatable bonds is 4. The fraction of sp³-hybridized carbons (Fsp3) is 0.824. The van der Waals surface area contributed by atoms with Gasteiger partial charge in [-0.05, 0) is 45.7 Å². The first-order valence-electron chi connectivity index (χ1n) is 8.32. The molecule has 0 amide bonds. The van der Waals surface area contributed by atoms with E-state index in [4.69, 9.17) is 4.74 Å². The zero-order valence-electron chi connectivity index (χ0n) is 13.4. The van der Waals surface area contributed by atoms with Gasteiger partial charge in [0.05, 0.1) is 0 Å². The smallest absolute Gasteiger partial charge is 0.342 e. The maximum Gasteiger partial charge on any atom is 0.342 e. The van der Waals surface area contributed by atoms with Crippen molar-refractivity contribution in [2.24, 2.45) is 5.92 Å². The van der Waals surface area contributed by atoms with Crippen LogP contribution in [-0.4, -0.2) is 47.8 Å². The van der Waals surface area contributed by atoms with Crippen LogP contribution in [-0.2, 0) is 9.53 Å². The van der Waals surface area contributed by atoms with Gasteiger partial charge in [0, 0.05) is 19.0 Å². The lowest BCUT2D eigenvalue weighted by molar-refractivity contribution is -0.174. The lowest BCUT2D eigenvalue weighted by atomic mass is 9.76. The van der Waals surface area contributed by atoms with E-state index in [1.54, 1.807) is 12.2 Å². The number of hydrogen-bond acceptors (Lipinski definition) is 4. The van der Waals surface area contributed by atoms with Crippen LogP contribution >= 0.6 is 0 Å². The molecule has 120 valence electrons. The zero-order chi connectivity index (χ0) is 15.3. The third-order valence-corrected chi connectivity index (χ3v) is 4.91. The van der Waals surface area contributed by atoms with Gasteiger partial charge in [-0.25, -0.2) is 4.79 Å². The van der Waals surface area contributed by atoms with E-state index < -0.39 is 11.6 Å². The number of allylic oxidation sites excluding steroid dienone is 1. The number of nitrogens with zero attached hydrogens (tertiary/aromatic N) is 1. The Kier molecular flexibility index (Phi) is 5.82. The van der Waals surface area contributed by atoms with E-state index in [1.807, 2.05) is 6.92 Å². The lowest BCUT2D eigenvalue weighted by Gasteiger charge is -2.36. The summed E-state index contributed by atoms with van der Waals surface area (Å²) in [5, 5.41) is 10.9. The Bertz CT molecular complexity index is 368. The fourth-order valence-corrected chi connectivity index (χ4v) is 3.52. The third kappa shape index (κ3) is 4.07. The van der Waals surface area contributed by atoms with Gasteiger partial charge in [-0.3, -0.25) is 0 Å². The summed E-state index contributed by atoms with van der Waals surface area (Å²) in [6.07, 6.45) is 10.3. The van der Waals surface area contributed by atoms with Crippen LogP contribution in [0.3, 0.4) is 0 Å². The number of piperidine rings is 1. The summed E-state index contributed by atoms with van der Waals surface area (Å²) >= 11 is 0. The standard InChI is InChI=1S/C17H29NO3/c1-3-11-17(20,14-7-5-4-6-8-14)16(19)21-15-9-12-18(2)13-10-15/h3,11,14-15,20H,4-10,12-13H2,1-2H3/b11-3-/t17-/m1/s1. The van der Waals surface area contributed by atoms with Crippen molar-refractivity contribution in [1.82, 2.24) is 4.90 Å². The zero-order valence-corrected chi connectivity index (χ0v) is 13.4. The van der Waals surface area contributed by atoms with Gasteiger partial charge in [-0.2, -0.15) is 0 Å². The van der Waals surface area contributed by atoms with Gasteiger partial charge < -0.3 is 14.7 Å². The molecule has 0 aromatic heterocycles. The first-order valence-corrected chi connectivity index (χ1v) is 8.32. The van der Waals surface area contributed by atoms with Crippen LogP contribution in [0.5, 0.6) is 0 Å². The molecule has 4 nitrogen and oxygen atoms in total. The normalized spacial score (nSPS) is 25.9. The van der Waals surface area contributed by atoms with E-state index in [-0.39, 0.29) is 12.0 Å². The average Bonchev–Trinajstić information content (AvgIpc) is 2.50. The molecule has 4 heteroatoms. The summed E-state index contributed by atoms with van der Waals surface area (Å²) in [7, 11) is 2.08. The van der Waals surface area contributed by atoms with Gasteiger partial charge >= 0.3 is 5.97 Å². The number of carbonyl (C=O) groups is 1. The second-order valence-electron chi connectivity index (χ2n) is 6.57. The molecule has 2 aliphatic rings. The fourth-order valence-electron chi connectivity index (χ4n) is 3.52. The highest BCUT2D eigenvalue weighted by Crippen LogP contribution is 2.35. The van der Waals surface area contributed by atoms with Crippen molar-refractivity contribution in [2.75, 3.05) is 20.1 Å².